The van der Waals surface area contributed by atoms with Crippen molar-refractivity contribution in [2.75, 3.05) is 34.3 Å². The first-order valence-electron chi connectivity index (χ1n) is 6.35. The minimum absolute atomic E-state index is 0.512. The summed E-state index contributed by atoms with van der Waals surface area (Å²) in [5, 5.41) is 13.5. The molecule has 2 N–H and O–H groups in total. The zero-order valence-electron chi connectivity index (χ0n) is 12.3. The number of nitrogens with one attached hydrogen (secondary N) is 1. The van der Waals surface area contributed by atoms with Gasteiger partial charge in [0.15, 0.2) is 0 Å². The van der Waals surface area contributed by atoms with E-state index in [0.29, 0.717) is 19.6 Å². The Morgan fingerprint density at radius 2 is 2.00 bits per heavy atom. The third-order valence-electron chi connectivity index (χ3n) is 2.77. The smallest absolute Gasteiger partial charge is 0.137 e. The number of methoxy groups -OCH3 is 1. The lowest BCUT2D eigenvalue weighted by molar-refractivity contribution is 0.0335. The third-order valence-corrected chi connectivity index (χ3v) is 3.81. The molecule has 0 amide bonds. The number of ether oxygens (including phenoxy) is 1. The highest BCUT2D eigenvalue weighted by atomic mass is 79.9. The maximum absolute atomic E-state index is 10.2. The summed E-state index contributed by atoms with van der Waals surface area (Å²) in [4.78, 5) is 1.97. The van der Waals surface area contributed by atoms with Crippen molar-refractivity contribution in [2.24, 2.45) is 0 Å². The van der Waals surface area contributed by atoms with Crippen molar-refractivity contribution < 1.29 is 9.84 Å². The SMILES string of the molecule is COc1c(Br)cc(Br)cc1CNCC(C)(O)CN(C)C. The molecule has 1 unspecified atom stereocenters. The lowest BCUT2D eigenvalue weighted by atomic mass is 10.1. The molecule has 1 rings (SSSR count). The van der Waals surface area contributed by atoms with Crippen LogP contribution in [0.4, 0.5) is 0 Å². The van der Waals surface area contributed by atoms with Crippen LogP contribution in [0.15, 0.2) is 21.1 Å². The number of hydrogen-bond donors (Lipinski definition) is 2. The van der Waals surface area contributed by atoms with E-state index in [1.54, 1.807) is 7.11 Å². The molecule has 0 aromatic heterocycles. The highest BCUT2D eigenvalue weighted by Gasteiger charge is 2.21. The Balaban J connectivity index is 2.66. The Morgan fingerprint density at radius 3 is 2.55 bits per heavy atom. The molecule has 0 fully saturated rings. The fourth-order valence-electron chi connectivity index (χ4n) is 2.18. The third kappa shape index (κ3) is 5.69. The summed E-state index contributed by atoms with van der Waals surface area (Å²) in [6.45, 7) is 3.58. The van der Waals surface area contributed by atoms with E-state index in [-0.39, 0.29) is 0 Å². The summed E-state index contributed by atoms with van der Waals surface area (Å²) in [6.07, 6.45) is 0. The topological polar surface area (TPSA) is 44.7 Å². The first-order valence-corrected chi connectivity index (χ1v) is 7.93. The van der Waals surface area contributed by atoms with Crippen molar-refractivity contribution in [3.05, 3.63) is 26.6 Å². The minimum atomic E-state index is -0.764. The van der Waals surface area contributed by atoms with Gasteiger partial charge < -0.3 is 20.1 Å². The molecule has 0 heterocycles. The summed E-state index contributed by atoms with van der Waals surface area (Å²) in [5.74, 6) is 0.813. The van der Waals surface area contributed by atoms with Gasteiger partial charge in [0.2, 0.25) is 0 Å². The quantitative estimate of drug-likeness (QED) is 0.726. The van der Waals surface area contributed by atoms with Gasteiger partial charge in [0.05, 0.1) is 17.2 Å². The molecular formula is C14H22Br2N2O2. The second kappa shape index (κ2) is 7.75. The van der Waals surface area contributed by atoms with Gasteiger partial charge >= 0.3 is 0 Å². The van der Waals surface area contributed by atoms with E-state index in [1.807, 2.05) is 38.1 Å². The van der Waals surface area contributed by atoms with Crippen LogP contribution in [0.25, 0.3) is 0 Å². The Kier molecular flexibility index (Phi) is 6.94. The molecule has 0 bridgehead atoms. The molecule has 0 spiro atoms. The highest BCUT2D eigenvalue weighted by Crippen LogP contribution is 2.32. The molecule has 6 heteroatoms. The van der Waals surface area contributed by atoms with Crippen molar-refractivity contribution in [1.29, 1.82) is 0 Å². The Hall–Kier alpha value is -0.140. The van der Waals surface area contributed by atoms with Gasteiger partial charge in [0.25, 0.3) is 0 Å². The predicted octanol–water partition coefficient (Wildman–Crippen LogP) is 2.62. The van der Waals surface area contributed by atoms with E-state index in [4.69, 9.17) is 4.74 Å². The van der Waals surface area contributed by atoms with Crippen LogP contribution in [0.5, 0.6) is 5.75 Å². The zero-order chi connectivity index (χ0) is 15.3. The van der Waals surface area contributed by atoms with E-state index in [9.17, 15) is 5.11 Å². The van der Waals surface area contributed by atoms with Gasteiger partial charge in [-0.1, -0.05) is 15.9 Å². The molecule has 1 atom stereocenters. The maximum atomic E-state index is 10.2. The normalized spacial score (nSPS) is 14.4. The monoisotopic (exact) mass is 408 g/mol. The van der Waals surface area contributed by atoms with Crippen molar-refractivity contribution in [3.63, 3.8) is 0 Å². The lowest BCUT2D eigenvalue weighted by Crippen LogP contribution is -2.45. The standard InChI is InChI=1S/C14H22Br2N2O2/c1-14(19,9-18(2)3)8-17-7-10-5-11(15)6-12(16)13(10)20-4/h5-6,17,19H,7-9H2,1-4H3. The molecule has 4 nitrogen and oxygen atoms in total. The minimum Gasteiger partial charge on any atom is -0.495 e. The van der Waals surface area contributed by atoms with E-state index in [1.165, 1.54) is 0 Å². The van der Waals surface area contributed by atoms with Crippen LogP contribution >= 0.6 is 31.9 Å². The van der Waals surface area contributed by atoms with Gasteiger partial charge in [-0.05, 0) is 49.1 Å². The first kappa shape index (κ1) is 17.9. The zero-order valence-corrected chi connectivity index (χ0v) is 15.5. The number of nitrogens with zero attached hydrogens (tertiary/aromatic N) is 1. The Morgan fingerprint density at radius 1 is 1.35 bits per heavy atom. The molecule has 0 aliphatic rings. The summed E-state index contributed by atoms with van der Waals surface area (Å²) in [5.41, 5.74) is 0.273. The molecule has 114 valence electrons. The molecule has 0 saturated carbocycles. The van der Waals surface area contributed by atoms with E-state index < -0.39 is 5.60 Å². The van der Waals surface area contributed by atoms with Gasteiger partial charge in [-0.25, -0.2) is 0 Å². The van der Waals surface area contributed by atoms with Crippen LogP contribution in [0, 0.1) is 0 Å². The Labute approximate surface area is 137 Å². The molecular weight excluding hydrogens is 388 g/mol. The van der Waals surface area contributed by atoms with E-state index >= 15 is 0 Å². The first-order chi connectivity index (χ1) is 9.25. The van der Waals surface area contributed by atoms with E-state index in [0.717, 1.165) is 20.3 Å². The highest BCUT2D eigenvalue weighted by molar-refractivity contribution is 9.11. The largest absolute Gasteiger partial charge is 0.495 e. The van der Waals surface area contributed by atoms with Crippen LogP contribution in [-0.2, 0) is 6.54 Å². The summed E-state index contributed by atoms with van der Waals surface area (Å²) < 4.78 is 7.30. The molecule has 0 radical (unpaired) electrons. The summed E-state index contributed by atoms with van der Waals surface area (Å²) in [7, 11) is 5.55. The van der Waals surface area contributed by atoms with Crippen molar-refractivity contribution in [3.8, 4) is 5.75 Å². The summed E-state index contributed by atoms with van der Waals surface area (Å²) in [6, 6.07) is 3.96. The number of halogens is 2. The van der Waals surface area contributed by atoms with Crippen LogP contribution in [0.2, 0.25) is 0 Å². The van der Waals surface area contributed by atoms with Gasteiger partial charge in [-0.2, -0.15) is 0 Å². The lowest BCUT2D eigenvalue weighted by Gasteiger charge is -2.27. The average Bonchev–Trinajstić information content (AvgIpc) is 2.26. The Bertz CT molecular complexity index is 451. The van der Waals surface area contributed by atoms with Crippen LogP contribution in [0.3, 0.4) is 0 Å². The van der Waals surface area contributed by atoms with Crippen molar-refractivity contribution in [2.45, 2.75) is 19.1 Å². The fourth-order valence-corrected chi connectivity index (χ4v) is 3.65. The van der Waals surface area contributed by atoms with Gasteiger partial charge in [0, 0.05) is 29.7 Å². The number of likely N-dealkylation sites (N-methyl/N-ethyl adjacent to an activating group) is 1. The van der Waals surface area contributed by atoms with Crippen LogP contribution < -0.4 is 10.1 Å². The number of hydrogen-bond acceptors (Lipinski definition) is 4. The van der Waals surface area contributed by atoms with Crippen LogP contribution in [-0.4, -0.2) is 49.9 Å². The second-order valence-electron chi connectivity index (χ2n) is 5.42. The van der Waals surface area contributed by atoms with Crippen molar-refractivity contribution in [1.82, 2.24) is 10.2 Å². The van der Waals surface area contributed by atoms with Gasteiger partial charge in [-0.15, -0.1) is 0 Å². The fraction of sp³-hybridized carbons (Fsp3) is 0.571. The molecule has 0 aliphatic carbocycles. The average molecular weight is 410 g/mol. The number of benzene rings is 1. The molecule has 1 aromatic carbocycles. The van der Waals surface area contributed by atoms with Gasteiger partial charge in [-0.3, -0.25) is 0 Å². The molecule has 0 aliphatic heterocycles. The number of rotatable bonds is 7. The van der Waals surface area contributed by atoms with Crippen LogP contribution in [0.1, 0.15) is 12.5 Å². The van der Waals surface area contributed by atoms with Gasteiger partial charge in [0.1, 0.15) is 5.75 Å². The maximum Gasteiger partial charge on any atom is 0.137 e. The molecule has 0 saturated heterocycles. The second-order valence-corrected chi connectivity index (χ2v) is 7.19. The molecule has 20 heavy (non-hydrogen) atoms. The summed E-state index contributed by atoms with van der Waals surface area (Å²) >= 11 is 6.95. The predicted molar refractivity (Wildman–Crippen MR) is 89.3 cm³/mol. The van der Waals surface area contributed by atoms with E-state index in [2.05, 4.69) is 37.2 Å². The van der Waals surface area contributed by atoms with Crippen molar-refractivity contribution >= 4 is 31.9 Å². The molecule has 1 aromatic rings. The number of aliphatic hydroxyl groups is 1.